The first-order valence-electron chi connectivity index (χ1n) is 10.7. The van der Waals surface area contributed by atoms with Gasteiger partial charge in [0.05, 0.1) is 12.1 Å². The average molecular weight is 501 g/mol. The largest absolute Gasteiger partial charge is 0.497 e. The van der Waals surface area contributed by atoms with Crippen LogP contribution in [0, 0.1) is 0 Å². The van der Waals surface area contributed by atoms with Crippen molar-refractivity contribution < 1.29 is 19.1 Å². The van der Waals surface area contributed by atoms with Crippen molar-refractivity contribution in [1.82, 2.24) is 10.2 Å². The number of hydrogen-bond donors (Lipinski definition) is 1. The maximum atomic E-state index is 13.4. The van der Waals surface area contributed by atoms with Crippen LogP contribution in [0.3, 0.4) is 0 Å². The SMILES string of the molecule is CNC(=O)[C@H](Cc1ccccc1)N(Cc1cccc(OC)c1)C(=O)COc1ccc(Cl)cc1Cl. The maximum absolute atomic E-state index is 13.4. The average Bonchev–Trinajstić information content (AvgIpc) is 2.85. The molecular formula is C26H26Cl2N2O4. The summed E-state index contributed by atoms with van der Waals surface area (Å²) in [5.74, 6) is 0.358. The van der Waals surface area contributed by atoms with E-state index >= 15 is 0 Å². The lowest BCUT2D eigenvalue weighted by Gasteiger charge is -2.31. The summed E-state index contributed by atoms with van der Waals surface area (Å²) in [5.41, 5.74) is 1.75. The Balaban J connectivity index is 1.89. The molecule has 1 atom stereocenters. The minimum Gasteiger partial charge on any atom is -0.497 e. The smallest absolute Gasteiger partial charge is 0.261 e. The number of halogens is 2. The van der Waals surface area contributed by atoms with Crippen molar-refractivity contribution in [2.75, 3.05) is 20.8 Å². The standard InChI is InChI=1S/C26H26Cl2N2O4/c1-29-26(32)23(14-18-7-4-3-5-8-18)30(16-19-9-6-10-21(13-19)33-2)25(31)17-34-24-12-11-20(27)15-22(24)28/h3-13,15,23H,14,16-17H2,1-2H3,(H,29,32)/t23-/m0/s1. The van der Waals surface area contributed by atoms with E-state index in [4.69, 9.17) is 32.7 Å². The number of carbonyl (C=O) groups excluding carboxylic acids is 2. The zero-order chi connectivity index (χ0) is 24.5. The second-order valence-corrected chi connectivity index (χ2v) is 8.40. The van der Waals surface area contributed by atoms with Crippen LogP contribution in [0.4, 0.5) is 0 Å². The minimum absolute atomic E-state index is 0.193. The highest BCUT2D eigenvalue weighted by Gasteiger charge is 2.30. The van der Waals surface area contributed by atoms with Crippen molar-refractivity contribution >= 4 is 35.0 Å². The zero-order valence-electron chi connectivity index (χ0n) is 19.0. The van der Waals surface area contributed by atoms with Gasteiger partial charge in [0.25, 0.3) is 5.91 Å². The quantitative estimate of drug-likeness (QED) is 0.435. The van der Waals surface area contributed by atoms with Crippen LogP contribution in [0.25, 0.3) is 0 Å². The molecule has 3 rings (SSSR count). The van der Waals surface area contributed by atoms with Gasteiger partial charge in [-0.05, 0) is 41.5 Å². The molecule has 2 amide bonds. The van der Waals surface area contributed by atoms with Gasteiger partial charge in [0.2, 0.25) is 5.91 Å². The number of ether oxygens (including phenoxy) is 2. The number of benzene rings is 3. The molecule has 0 saturated heterocycles. The topological polar surface area (TPSA) is 67.9 Å². The molecule has 0 aliphatic heterocycles. The highest BCUT2D eigenvalue weighted by Crippen LogP contribution is 2.27. The second-order valence-electron chi connectivity index (χ2n) is 7.56. The van der Waals surface area contributed by atoms with Gasteiger partial charge in [-0.3, -0.25) is 9.59 Å². The van der Waals surface area contributed by atoms with Gasteiger partial charge in [0, 0.05) is 25.0 Å². The van der Waals surface area contributed by atoms with E-state index in [1.807, 2.05) is 54.6 Å². The Kier molecular flexibility index (Phi) is 9.19. The first-order valence-corrected chi connectivity index (χ1v) is 11.4. The van der Waals surface area contributed by atoms with Crippen molar-refractivity contribution in [3.8, 4) is 11.5 Å². The highest BCUT2D eigenvalue weighted by atomic mass is 35.5. The van der Waals surface area contributed by atoms with Crippen LogP contribution in [-0.2, 0) is 22.6 Å². The van der Waals surface area contributed by atoms with E-state index in [1.54, 1.807) is 32.4 Å². The second kappa shape index (κ2) is 12.3. The van der Waals surface area contributed by atoms with Gasteiger partial charge in [0.1, 0.15) is 17.5 Å². The fourth-order valence-corrected chi connectivity index (χ4v) is 3.97. The third-order valence-electron chi connectivity index (χ3n) is 5.25. The Morgan fingerprint density at radius 2 is 1.71 bits per heavy atom. The van der Waals surface area contributed by atoms with Gasteiger partial charge < -0.3 is 19.7 Å². The van der Waals surface area contributed by atoms with Crippen LogP contribution in [0.5, 0.6) is 11.5 Å². The summed E-state index contributed by atoms with van der Waals surface area (Å²) >= 11 is 12.1. The Morgan fingerprint density at radius 3 is 2.38 bits per heavy atom. The summed E-state index contributed by atoms with van der Waals surface area (Å²) in [4.78, 5) is 27.9. The first-order chi connectivity index (χ1) is 16.4. The normalized spacial score (nSPS) is 11.4. The third-order valence-corrected chi connectivity index (χ3v) is 5.78. The molecule has 0 spiro atoms. The number of hydrogen-bond acceptors (Lipinski definition) is 4. The lowest BCUT2D eigenvalue weighted by molar-refractivity contribution is -0.142. The van der Waals surface area contributed by atoms with E-state index in [0.29, 0.717) is 28.0 Å². The maximum Gasteiger partial charge on any atom is 0.261 e. The molecule has 34 heavy (non-hydrogen) atoms. The zero-order valence-corrected chi connectivity index (χ0v) is 20.5. The third kappa shape index (κ3) is 6.89. The van der Waals surface area contributed by atoms with Crippen molar-refractivity contribution in [3.63, 3.8) is 0 Å². The fraction of sp³-hybridized carbons (Fsp3) is 0.231. The van der Waals surface area contributed by atoms with Gasteiger partial charge in [-0.1, -0.05) is 65.7 Å². The lowest BCUT2D eigenvalue weighted by atomic mass is 10.0. The molecule has 3 aromatic carbocycles. The van der Waals surface area contributed by atoms with Gasteiger partial charge in [-0.15, -0.1) is 0 Å². The summed E-state index contributed by atoms with van der Waals surface area (Å²) in [6, 6.07) is 20.9. The summed E-state index contributed by atoms with van der Waals surface area (Å²) in [7, 11) is 3.13. The van der Waals surface area contributed by atoms with Crippen LogP contribution in [0.2, 0.25) is 10.0 Å². The van der Waals surface area contributed by atoms with E-state index in [0.717, 1.165) is 11.1 Å². The molecule has 3 aromatic rings. The van der Waals surface area contributed by atoms with Gasteiger partial charge in [-0.2, -0.15) is 0 Å². The van der Waals surface area contributed by atoms with Crippen LogP contribution in [-0.4, -0.2) is 43.5 Å². The highest BCUT2D eigenvalue weighted by molar-refractivity contribution is 6.35. The van der Waals surface area contributed by atoms with Gasteiger partial charge in [0.15, 0.2) is 6.61 Å². The van der Waals surface area contributed by atoms with Crippen molar-refractivity contribution in [1.29, 1.82) is 0 Å². The van der Waals surface area contributed by atoms with Crippen LogP contribution in [0.1, 0.15) is 11.1 Å². The van der Waals surface area contributed by atoms with Crippen molar-refractivity contribution in [3.05, 3.63) is 94.0 Å². The monoisotopic (exact) mass is 500 g/mol. The number of carbonyl (C=O) groups is 2. The molecule has 0 unspecified atom stereocenters. The van der Waals surface area contributed by atoms with Crippen LogP contribution in [0.15, 0.2) is 72.8 Å². The van der Waals surface area contributed by atoms with Gasteiger partial charge >= 0.3 is 0 Å². The molecule has 178 valence electrons. The van der Waals surface area contributed by atoms with E-state index in [-0.39, 0.29) is 25.0 Å². The molecular weight excluding hydrogens is 475 g/mol. The number of nitrogens with one attached hydrogen (secondary N) is 1. The summed E-state index contributed by atoms with van der Waals surface area (Å²) in [5, 5.41) is 3.45. The molecule has 0 radical (unpaired) electrons. The lowest BCUT2D eigenvalue weighted by Crippen LogP contribution is -2.51. The van der Waals surface area contributed by atoms with Crippen LogP contribution >= 0.6 is 23.2 Å². The Hall–Kier alpha value is -3.22. The number of nitrogens with zero attached hydrogens (tertiary/aromatic N) is 1. The van der Waals surface area contributed by atoms with Gasteiger partial charge in [-0.25, -0.2) is 0 Å². The van der Waals surface area contributed by atoms with E-state index in [2.05, 4.69) is 5.32 Å². The predicted molar refractivity (Wildman–Crippen MR) is 134 cm³/mol. The molecule has 1 N–H and O–H groups in total. The van der Waals surface area contributed by atoms with Crippen molar-refractivity contribution in [2.24, 2.45) is 0 Å². The summed E-state index contributed by atoms with van der Waals surface area (Å²) < 4.78 is 11.0. The van der Waals surface area contributed by atoms with Crippen LogP contribution < -0.4 is 14.8 Å². The van der Waals surface area contributed by atoms with E-state index in [9.17, 15) is 9.59 Å². The fourth-order valence-electron chi connectivity index (χ4n) is 3.50. The molecule has 0 aliphatic rings. The number of amides is 2. The molecule has 0 aliphatic carbocycles. The van der Waals surface area contributed by atoms with E-state index < -0.39 is 6.04 Å². The molecule has 0 fully saturated rings. The Morgan fingerprint density at radius 1 is 0.971 bits per heavy atom. The Bertz CT molecular complexity index is 1120. The predicted octanol–water partition coefficient (Wildman–Crippen LogP) is 4.77. The molecule has 8 heteroatoms. The Labute approximate surface area is 209 Å². The first kappa shape index (κ1) is 25.4. The summed E-state index contributed by atoms with van der Waals surface area (Å²) in [6.07, 6.45) is 0.345. The number of rotatable bonds is 10. The molecule has 0 aromatic heterocycles. The molecule has 6 nitrogen and oxygen atoms in total. The summed E-state index contributed by atoms with van der Waals surface area (Å²) in [6.45, 7) is -0.105. The minimum atomic E-state index is -0.754. The number of methoxy groups -OCH3 is 1. The van der Waals surface area contributed by atoms with Crippen molar-refractivity contribution in [2.45, 2.75) is 19.0 Å². The molecule has 0 heterocycles. The molecule has 0 saturated carbocycles. The van der Waals surface area contributed by atoms with E-state index in [1.165, 1.54) is 4.90 Å². The molecule has 0 bridgehead atoms. The number of likely N-dealkylation sites (N-methyl/N-ethyl adjacent to an activating group) is 1.